The summed E-state index contributed by atoms with van der Waals surface area (Å²) in [6, 6.07) is 35.7. The molecule has 1 saturated carbocycles. The van der Waals surface area contributed by atoms with Gasteiger partial charge in [0, 0.05) is 21.9 Å². The molecule has 5 aliphatic carbocycles. The number of halogens is 2. The van der Waals surface area contributed by atoms with Crippen LogP contribution in [0.2, 0.25) is 0 Å². The third kappa shape index (κ3) is 2.72. The molecule has 0 bridgehead atoms. The molecule has 0 N–H and O–H groups in total. The first-order chi connectivity index (χ1) is 20.7. The lowest BCUT2D eigenvalue weighted by molar-refractivity contribution is 0.344. The van der Waals surface area contributed by atoms with Crippen LogP contribution in [0.3, 0.4) is 0 Å². The molecule has 200 valence electrons. The van der Waals surface area contributed by atoms with Gasteiger partial charge in [-0.15, -0.1) is 0 Å². The summed E-state index contributed by atoms with van der Waals surface area (Å²) in [6.07, 6.45) is 17.2. The highest BCUT2D eigenvalue weighted by molar-refractivity contribution is 6.34. The number of hydrogen-bond donors (Lipinski definition) is 0. The third-order valence-corrected chi connectivity index (χ3v) is 10.9. The van der Waals surface area contributed by atoms with E-state index in [0.29, 0.717) is 0 Å². The van der Waals surface area contributed by atoms with Gasteiger partial charge in [0.25, 0.3) is 0 Å². The summed E-state index contributed by atoms with van der Waals surface area (Å²) < 4.78 is 0. The second-order valence-electron chi connectivity index (χ2n) is 11.7. The molecule has 0 atom stereocenters. The van der Waals surface area contributed by atoms with Crippen molar-refractivity contribution >= 4 is 23.2 Å². The highest BCUT2D eigenvalue weighted by Gasteiger charge is 2.75. The van der Waals surface area contributed by atoms with Crippen molar-refractivity contribution in [1.29, 1.82) is 0 Å². The van der Waals surface area contributed by atoms with Crippen LogP contribution < -0.4 is 0 Å². The van der Waals surface area contributed by atoms with E-state index in [4.69, 9.17) is 23.2 Å². The largest absolute Gasteiger partial charge is 0.0878 e. The number of benzene rings is 4. The first-order valence-electron chi connectivity index (χ1n) is 14.6. The number of hydrogen-bond acceptors (Lipinski definition) is 0. The summed E-state index contributed by atoms with van der Waals surface area (Å²) in [4.78, 5) is 0. The standard InChI is InChI=1S/C40H26Cl2/c41-37(25-13-1-2-14-25)35-36(38(42)26-15-3-4-16-26)40(33-23-11-7-19-29(33)30-20-8-12-24-34(30)40)39(35)31-21-9-5-17-27(31)28-18-6-10-22-32(28)39/h1-26H/b37-35-,38-36-. The number of allylic oxidation sites excluding steroid dienone is 12. The van der Waals surface area contributed by atoms with Crippen molar-refractivity contribution in [3.05, 3.63) is 189 Å². The first-order valence-corrected chi connectivity index (χ1v) is 15.4. The second-order valence-corrected chi connectivity index (χ2v) is 12.5. The van der Waals surface area contributed by atoms with Gasteiger partial charge in [0.05, 0.1) is 10.8 Å². The maximum Gasteiger partial charge on any atom is 0.0657 e. The fraction of sp³-hybridized carbons (Fsp3) is 0.100. The van der Waals surface area contributed by atoms with E-state index >= 15 is 0 Å². The molecule has 2 spiro atoms. The Hall–Kier alpha value is -4.10. The molecule has 5 aliphatic rings. The van der Waals surface area contributed by atoms with Gasteiger partial charge in [0.15, 0.2) is 0 Å². The molecule has 0 radical (unpaired) electrons. The van der Waals surface area contributed by atoms with Crippen molar-refractivity contribution in [1.82, 2.24) is 0 Å². The van der Waals surface area contributed by atoms with E-state index in [9.17, 15) is 0 Å². The predicted octanol–water partition coefficient (Wildman–Crippen LogP) is 10.4. The van der Waals surface area contributed by atoms with E-state index in [2.05, 4.69) is 146 Å². The van der Waals surface area contributed by atoms with Gasteiger partial charge in [-0.1, -0.05) is 169 Å². The van der Waals surface area contributed by atoms with E-state index in [0.717, 1.165) is 21.2 Å². The zero-order valence-electron chi connectivity index (χ0n) is 22.8. The minimum absolute atomic E-state index is 0.00293. The van der Waals surface area contributed by atoms with Gasteiger partial charge in [0.1, 0.15) is 0 Å². The highest BCUT2D eigenvalue weighted by Crippen LogP contribution is 2.80. The zero-order valence-corrected chi connectivity index (χ0v) is 24.3. The normalized spacial score (nSPS) is 22.0. The summed E-state index contributed by atoms with van der Waals surface area (Å²) in [5.41, 5.74) is 11.4. The smallest absolute Gasteiger partial charge is 0.0657 e. The van der Waals surface area contributed by atoms with E-state index in [1.165, 1.54) is 44.5 Å². The fourth-order valence-electron chi connectivity index (χ4n) is 8.64. The van der Waals surface area contributed by atoms with Gasteiger partial charge in [-0.05, 0) is 55.7 Å². The van der Waals surface area contributed by atoms with Gasteiger partial charge in [0.2, 0.25) is 0 Å². The lowest BCUT2D eigenvalue weighted by Gasteiger charge is -2.63. The lowest BCUT2D eigenvalue weighted by Crippen LogP contribution is -2.62. The summed E-state index contributed by atoms with van der Waals surface area (Å²) >= 11 is 15.4. The molecule has 0 saturated heterocycles. The van der Waals surface area contributed by atoms with Crippen LogP contribution in [-0.4, -0.2) is 0 Å². The first kappa shape index (κ1) is 24.5. The van der Waals surface area contributed by atoms with Crippen LogP contribution >= 0.6 is 23.2 Å². The molecule has 0 aliphatic heterocycles. The van der Waals surface area contributed by atoms with Crippen molar-refractivity contribution in [2.24, 2.45) is 11.8 Å². The molecule has 0 amide bonds. The fourth-order valence-corrected chi connectivity index (χ4v) is 9.40. The summed E-state index contributed by atoms with van der Waals surface area (Å²) in [5, 5.41) is 1.69. The van der Waals surface area contributed by atoms with Crippen LogP contribution in [0, 0.1) is 11.8 Å². The van der Waals surface area contributed by atoms with Crippen molar-refractivity contribution in [2.75, 3.05) is 0 Å². The predicted molar refractivity (Wildman–Crippen MR) is 175 cm³/mol. The molecule has 42 heavy (non-hydrogen) atoms. The van der Waals surface area contributed by atoms with Crippen molar-refractivity contribution in [2.45, 2.75) is 10.8 Å². The van der Waals surface area contributed by atoms with Gasteiger partial charge in [-0.25, -0.2) is 0 Å². The van der Waals surface area contributed by atoms with E-state index < -0.39 is 10.8 Å². The van der Waals surface area contributed by atoms with Gasteiger partial charge in [-0.2, -0.15) is 0 Å². The molecule has 2 heteroatoms. The van der Waals surface area contributed by atoms with Crippen LogP contribution in [0.5, 0.6) is 0 Å². The lowest BCUT2D eigenvalue weighted by atomic mass is 9.37. The summed E-state index contributed by atoms with van der Waals surface area (Å²) in [7, 11) is 0. The molecule has 0 aromatic heterocycles. The molecule has 1 fully saturated rings. The van der Waals surface area contributed by atoms with Crippen LogP contribution in [-0.2, 0) is 10.8 Å². The Balaban J connectivity index is 1.54. The quantitative estimate of drug-likeness (QED) is 0.222. The highest BCUT2D eigenvalue weighted by atomic mass is 35.5. The van der Waals surface area contributed by atoms with Crippen LogP contribution in [0.25, 0.3) is 22.3 Å². The average Bonchev–Trinajstić information content (AvgIpc) is 3.84. The summed E-state index contributed by atoms with van der Waals surface area (Å²) in [6.45, 7) is 0. The molecule has 9 rings (SSSR count). The third-order valence-electron chi connectivity index (χ3n) is 10.0. The zero-order chi connectivity index (χ0) is 28.1. The van der Waals surface area contributed by atoms with E-state index in [1.54, 1.807) is 0 Å². The molecule has 0 heterocycles. The summed E-state index contributed by atoms with van der Waals surface area (Å²) in [5.74, 6) is -0.00586. The number of fused-ring (bicyclic) bond motifs is 11. The Morgan fingerprint density at radius 2 is 0.667 bits per heavy atom. The molecule has 4 aromatic carbocycles. The van der Waals surface area contributed by atoms with Crippen molar-refractivity contribution < 1.29 is 0 Å². The SMILES string of the molecule is Cl/C(=C1/C(=C(/Cl)C2C=CC=C2)C2(c3ccccc3-c3ccccc32)C12c1ccccc1-c1ccccc12)C1C=CC=C1. The molecule has 0 unspecified atom stereocenters. The molecular weight excluding hydrogens is 551 g/mol. The Bertz CT molecular complexity index is 1770. The Labute approximate surface area is 256 Å². The van der Waals surface area contributed by atoms with E-state index in [1.807, 2.05) is 0 Å². The molecule has 4 aromatic rings. The molecular formula is C40H26Cl2. The van der Waals surface area contributed by atoms with Crippen molar-refractivity contribution in [3.8, 4) is 22.3 Å². The number of rotatable bonds is 2. The maximum absolute atomic E-state index is 7.70. The Kier molecular flexibility index (Phi) is 5.08. The molecule has 0 nitrogen and oxygen atoms in total. The van der Waals surface area contributed by atoms with Crippen LogP contribution in [0.1, 0.15) is 22.3 Å². The van der Waals surface area contributed by atoms with Crippen molar-refractivity contribution in [3.63, 3.8) is 0 Å². The monoisotopic (exact) mass is 576 g/mol. The maximum atomic E-state index is 7.70. The Morgan fingerprint density at radius 3 is 0.952 bits per heavy atom. The Morgan fingerprint density at radius 1 is 0.405 bits per heavy atom. The van der Waals surface area contributed by atoms with Gasteiger partial charge < -0.3 is 0 Å². The van der Waals surface area contributed by atoms with Gasteiger partial charge >= 0.3 is 0 Å². The van der Waals surface area contributed by atoms with Crippen LogP contribution in [0.15, 0.2) is 167 Å². The van der Waals surface area contributed by atoms with Crippen LogP contribution in [0.4, 0.5) is 0 Å². The second kappa shape index (κ2) is 8.71. The van der Waals surface area contributed by atoms with Gasteiger partial charge in [-0.3, -0.25) is 0 Å². The topological polar surface area (TPSA) is 0 Å². The minimum Gasteiger partial charge on any atom is -0.0878 e. The minimum atomic E-state index is -0.564. The van der Waals surface area contributed by atoms with E-state index in [-0.39, 0.29) is 11.8 Å². The average molecular weight is 578 g/mol.